The van der Waals surface area contributed by atoms with Gasteiger partial charge in [0.25, 0.3) is 0 Å². The highest BCUT2D eigenvalue weighted by molar-refractivity contribution is 7.98. The summed E-state index contributed by atoms with van der Waals surface area (Å²) in [6.07, 6.45) is 3.96. The van der Waals surface area contributed by atoms with Crippen LogP contribution in [-0.2, 0) is 11.3 Å². The summed E-state index contributed by atoms with van der Waals surface area (Å²) >= 11 is 3.40. The maximum absolute atomic E-state index is 12.9. The minimum Gasteiger partial charge on any atom is -0.352 e. The smallest absolute Gasteiger partial charge is 0.225 e. The first-order valence-corrected chi connectivity index (χ1v) is 13.6. The Kier molecular flexibility index (Phi) is 6.61. The van der Waals surface area contributed by atoms with E-state index in [2.05, 4.69) is 71.9 Å². The molecule has 1 atom stereocenters. The zero-order valence-corrected chi connectivity index (χ0v) is 21.4. The normalized spacial score (nSPS) is 16.2. The molecule has 1 N–H and O–H groups in total. The summed E-state index contributed by atoms with van der Waals surface area (Å²) in [5.74, 6) is 0.0997. The number of carbonyl (C=O) groups is 1. The molecule has 1 fully saturated rings. The molecular formula is C26H29N5OS2. The number of nitrogens with one attached hydrogen (secondary N) is 1. The van der Waals surface area contributed by atoms with E-state index in [1.807, 2.05) is 11.6 Å². The number of piperidine rings is 1. The van der Waals surface area contributed by atoms with Gasteiger partial charge in [-0.05, 0) is 62.8 Å². The van der Waals surface area contributed by atoms with Crippen molar-refractivity contribution in [3.8, 4) is 5.69 Å². The number of carbonyl (C=O) groups excluding carboxylic acids is 1. The molecule has 3 heterocycles. The van der Waals surface area contributed by atoms with Crippen molar-refractivity contribution in [2.45, 2.75) is 38.1 Å². The van der Waals surface area contributed by atoms with Crippen LogP contribution in [-0.4, -0.2) is 40.0 Å². The highest BCUT2D eigenvalue weighted by Gasteiger charge is 2.28. The quantitative estimate of drug-likeness (QED) is 0.368. The maximum atomic E-state index is 12.9. The van der Waals surface area contributed by atoms with Gasteiger partial charge in [-0.25, -0.2) is 4.68 Å². The van der Waals surface area contributed by atoms with Crippen LogP contribution in [0.25, 0.3) is 16.0 Å². The molecule has 5 rings (SSSR count). The number of nitrogens with zero attached hydrogens (tertiary/aromatic N) is 4. The van der Waals surface area contributed by atoms with E-state index in [4.69, 9.17) is 10.1 Å². The summed E-state index contributed by atoms with van der Waals surface area (Å²) in [6, 6.07) is 16.7. The number of hydrogen-bond acceptors (Lipinski definition) is 6. The summed E-state index contributed by atoms with van der Waals surface area (Å²) in [5.41, 5.74) is 5.24. The lowest BCUT2D eigenvalue weighted by Gasteiger charge is -2.31. The molecule has 8 heteroatoms. The summed E-state index contributed by atoms with van der Waals surface area (Å²) in [6.45, 7) is 6.31. The lowest BCUT2D eigenvalue weighted by Crippen LogP contribution is -2.43. The van der Waals surface area contributed by atoms with Gasteiger partial charge in [0.2, 0.25) is 5.91 Å². The Labute approximate surface area is 208 Å². The maximum Gasteiger partial charge on any atom is 0.225 e. The molecule has 0 saturated carbocycles. The Morgan fingerprint density at radius 1 is 1.15 bits per heavy atom. The van der Waals surface area contributed by atoms with Crippen molar-refractivity contribution in [3.05, 3.63) is 65.4 Å². The van der Waals surface area contributed by atoms with Crippen molar-refractivity contribution in [1.29, 1.82) is 0 Å². The van der Waals surface area contributed by atoms with E-state index in [9.17, 15) is 4.79 Å². The van der Waals surface area contributed by atoms with Crippen molar-refractivity contribution >= 4 is 44.5 Å². The number of rotatable bonds is 6. The van der Waals surface area contributed by atoms with E-state index in [0.29, 0.717) is 13.1 Å². The Morgan fingerprint density at radius 3 is 2.65 bits per heavy atom. The number of anilines is 1. The second kappa shape index (κ2) is 9.80. The molecule has 0 unspecified atom stereocenters. The van der Waals surface area contributed by atoms with E-state index in [1.165, 1.54) is 10.5 Å². The molecule has 2 aromatic carbocycles. The molecule has 1 aliphatic heterocycles. The largest absolute Gasteiger partial charge is 0.352 e. The molecule has 6 nitrogen and oxygen atoms in total. The highest BCUT2D eigenvalue weighted by atomic mass is 32.2. The van der Waals surface area contributed by atoms with Crippen LogP contribution >= 0.6 is 23.1 Å². The first-order valence-electron chi connectivity index (χ1n) is 11.6. The number of benzene rings is 2. The fourth-order valence-corrected chi connectivity index (χ4v) is 5.80. The molecule has 1 saturated heterocycles. The van der Waals surface area contributed by atoms with Gasteiger partial charge in [-0.3, -0.25) is 4.79 Å². The van der Waals surface area contributed by atoms with Crippen LogP contribution in [0.2, 0.25) is 0 Å². The van der Waals surface area contributed by atoms with Gasteiger partial charge < -0.3 is 10.2 Å². The molecular weight excluding hydrogens is 462 g/mol. The second-order valence-corrected chi connectivity index (χ2v) is 10.7. The van der Waals surface area contributed by atoms with Gasteiger partial charge >= 0.3 is 0 Å². The van der Waals surface area contributed by atoms with Crippen molar-refractivity contribution in [2.24, 2.45) is 5.92 Å². The number of aryl methyl sites for hydroxylation is 2. The predicted molar refractivity (Wildman–Crippen MR) is 141 cm³/mol. The summed E-state index contributed by atoms with van der Waals surface area (Å²) in [7, 11) is 0. The standard InChI is InChI=1S/C26H29N5OS2/c1-17-6-10-21(11-7-17)31-24-23(18(2)29-31)34-26(28-24)30-14-4-5-20(16-30)25(32)27-15-19-8-12-22(33-3)13-9-19/h6-13,20H,4-5,14-16H2,1-3H3,(H,27,32)/t20-/m0/s1. The lowest BCUT2D eigenvalue weighted by molar-refractivity contribution is -0.125. The van der Waals surface area contributed by atoms with Crippen LogP contribution in [0.3, 0.4) is 0 Å². The number of aromatic nitrogens is 3. The molecule has 4 aromatic rings. The molecule has 1 aliphatic rings. The summed E-state index contributed by atoms with van der Waals surface area (Å²) in [4.78, 5) is 21.4. The van der Waals surface area contributed by atoms with E-state index in [0.717, 1.165) is 51.8 Å². The number of thiazole rings is 1. The van der Waals surface area contributed by atoms with Crippen LogP contribution in [0.1, 0.15) is 29.7 Å². The third kappa shape index (κ3) is 4.70. The van der Waals surface area contributed by atoms with Crippen LogP contribution in [0.5, 0.6) is 0 Å². The molecule has 34 heavy (non-hydrogen) atoms. The van der Waals surface area contributed by atoms with Gasteiger partial charge in [0, 0.05) is 24.5 Å². The molecule has 0 radical (unpaired) electrons. The van der Waals surface area contributed by atoms with Gasteiger partial charge in [-0.2, -0.15) is 10.1 Å². The summed E-state index contributed by atoms with van der Waals surface area (Å²) < 4.78 is 3.04. The van der Waals surface area contributed by atoms with Crippen molar-refractivity contribution in [1.82, 2.24) is 20.1 Å². The van der Waals surface area contributed by atoms with E-state index in [-0.39, 0.29) is 11.8 Å². The zero-order chi connectivity index (χ0) is 23.7. The molecule has 0 aliphatic carbocycles. The minimum absolute atomic E-state index is 0.0269. The lowest BCUT2D eigenvalue weighted by atomic mass is 9.97. The molecule has 0 bridgehead atoms. The van der Waals surface area contributed by atoms with Gasteiger partial charge in [0.1, 0.15) is 0 Å². The van der Waals surface area contributed by atoms with Crippen molar-refractivity contribution in [3.63, 3.8) is 0 Å². The van der Waals surface area contributed by atoms with Gasteiger partial charge in [-0.1, -0.05) is 41.2 Å². The minimum atomic E-state index is -0.0269. The van der Waals surface area contributed by atoms with E-state index < -0.39 is 0 Å². The zero-order valence-electron chi connectivity index (χ0n) is 19.7. The van der Waals surface area contributed by atoms with Gasteiger partial charge in [-0.15, -0.1) is 11.8 Å². The fraction of sp³-hybridized carbons (Fsp3) is 0.346. The number of fused-ring (bicyclic) bond motifs is 1. The third-order valence-corrected chi connectivity index (χ3v) is 8.30. The third-order valence-electron chi connectivity index (χ3n) is 6.34. The molecule has 1 amide bonds. The fourth-order valence-electron chi connectivity index (χ4n) is 4.37. The Hall–Kier alpha value is -2.84. The Balaban J connectivity index is 1.29. The number of amides is 1. The topological polar surface area (TPSA) is 63.1 Å². The average molecular weight is 492 g/mol. The van der Waals surface area contributed by atoms with E-state index >= 15 is 0 Å². The second-order valence-electron chi connectivity index (χ2n) is 8.83. The highest BCUT2D eigenvalue weighted by Crippen LogP contribution is 2.34. The first-order chi connectivity index (χ1) is 16.5. The van der Waals surface area contributed by atoms with Crippen LogP contribution in [0.4, 0.5) is 5.13 Å². The van der Waals surface area contributed by atoms with Crippen molar-refractivity contribution < 1.29 is 4.79 Å². The van der Waals surface area contributed by atoms with Crippen LogP contribution in [0, 0.1) is 19.8 Å². The number of thioether (sulfide) groups is 1. The van der Waals surface area contributed by atoms with Gasteiger partial charge in [0.15, 0.2) is 10.8 Å². The van der Waals surface area contributed by atoms with Crippen molar-refractivity contribution in [2.75, 3.05) is 24.2 Å². The van der Waals surface area contributed by atoms with Crippen LogP contribution < -0.4 is 10.2 Å². The number of hydrogen-bond donors (Lipinski definition) is 1. The van der Waals surface area contributed by atoms with Gasteiger partial charge in [0.05, 0.1) is 22.0 Å². The summed E-state index contributed by atoms with van der Waals surface area (Å²) in [5, 5.41) is 8.84. The SMILES string of the molecule is CSc1ccc(CNC(=O)[C@H]2CCCN(c3nc4c(s3)c(C)nn4-c3ccc(C)cc3)C2)cc1. The molecule has 0 spiro atoms. The first kappa shape index (κ1) is 22.9. The monoisotopic (exact) mass is 491 g/mol. The Morgan fingerprint density at radius 2 is 1.91 bits per heavy atom. The Bertz CT molecular complexity index is 1290. The molecule has 2 aromatic heterocycles. The predicted octanol–water partition coefficient (Wildman–Crippen LogP) is 5.35. The van der Waals surface area contributed by atoms with Crippen LogP contribution in [0.15, 0.2) is 53.4 Å². The average Bonchev–Trinajstić information content (AvgIpc) is 3.44. The van der Waals surface area contributed by atoms with E-state index in [1.54, 1.807) is 23.1 Å². The molecule has 176 valence electrons.